The number of hydrogen-bond donors (Lipinski definition) is 0. The van der Waals surface area contributed by atoms with E-state index in [-0.39, 0.29) is 11.7 Å². The molecule has 0 atom stereocenters. The van der Waals surface area contributed by atoms with E-state index >= 15 is 0 Å². The average Bonchev–Trinajstić information content (AvgIpc) is 3.05. The van der Waals surface area contributed by atoms with Crippen molar-refractivity contribution < 1.29 is 9.53 Å². The topological polar surface area (TPSA) is 79.0 Å². The van der Waals surface area contributed by atoms with E-state index in [2.05, 4.69) is 10.1 Å². The average molecular weight is 346 g/mol. The van der Waals surface area contributed by atoms with Gasteiger partial charge in [-0.25, -0.2) is 9.78 Å². The van der Waals surface area contributed by atoms with E-state index in [1.54, 1.807) is 31.6 Å². The van der Waals surface area contributed by atoms with Gasteiger partial charge in [-0.2, -0.15) is 5.10 Å². The second kappa shape index (κ2) is 6.20. The van der Waals surface area contributed by atoms with Gasteiger partial charge in [-0.05, 0) is 26.3 Å². The smallest absolute Gasteiger partial charge is 0.348 e. The van der Waals surface area contributed by atoms with E-state index in [9.17, 15) is 9.59 Å². The van der Waals surface area contributed by atoms with Crippen LogP contribution >= 0.6 is 11.3 Å². The number of ether oxygens (including phenoxy) is 1. The summed E-state index contributed by atoms with van der Waals surface area (Å²) in [5, 5.41) is 4.57. The molecule has 126 valence electrons. The Kier molecular flexibility index (Phi) is 4.23. The van der Waals surface area contributed by atoms with Gasteiger partial charge in [0.2, 0.25) is 0 Å². The van der Waals surface area contributed by atoms with Gasteiger partial charge in [0.15, 0.2) is 0 Å². The molecule has 0 aromatic carbocycles. The van der Waals surface area contributed by atoms with Gasteiger partial charge in [0.1, 0.15) is 9.71 Å². The Balaban J connectivity index is 2.04. The number of esters is 1. The predicted octanol–water partition coefficient (Wildman–Crippen LogP) is 2.11. The quantitative estimate of drug-likeness (QED) is 0.676. The molecule has 0 aliphatic rings. The van der Waals surface area contributed by atoms with Crippen LogP contribution < -0.4 is 5.56 Å². The molecule has 3 aromatic heterocycles. The van der Waals surface area contributed by atoms with Crippen LogP contribution in [0, 0.1) is 6.92 Å². The molecule has 3 rings (SSSR count). The third kappa shape index (κ3) is 2.96. The van der Waals surface area contributed by atoms with Crippen molar-refractivity contribution in [3.8, 4) is 0 Å². The second-order valence-corrected chi connectivity index (χ2v) is 6.89. The SMILES string of the molecule is Cc1c(C(=O)OC(C)C)sc2ncn(Cc3cnn(C)c3)c(=O)c12. The molecule has 0 aliphatic carbocycles. The summed E-state index contributed by atoms with van der Waals surface area (Å²) in [4.78, 5) is 30.3. The number of nitrogens with zero attached hydrogens (tertiary/aromatic N) is 4. The first-order valence-corrected chi connectivity index (χ1v) is 8.35. The molecule has 0 unspecified atom stereocenters. The van der Waals surface area contributed by atoms with E-state index in [0.717, 1.165) is 5.56 Å². The maximum Gasteiger partial charge on any atom is 0.348 e. The molecule has 0 spiro atoms. The standard InChI is InChI=1S/C16H18N4O3S/c1-9(2)23-16(22)13-10(3)12-14(24-13)17-8-20(15(12)21)7-11-5-18-19(4)6-11/h5-6,8-9H,7H2,1-4H3. The third-order valence-electron chi connectivity index (χ3n) is 3.56. The highest BCUT2D eigenvalue weighted by atomic mass is 32.1. The van der Waals surface area contributed by atoms with Crippen LogP contribution in [-0.4, -0.2) is 31.4 Å². The second-order valence-electron chi connectivity index (χ2n) is 5.89. The molecule has 0 saturated carbocycles. The number of aryl methyl sites for hydroxylation is 2. The molecule has 3 aromatic rings. The molecule has 3 heterocycles. The molecule has 0 fully saturated rings. The number of carbonyl (C=O) groups is 1. The van der Waals surface area contributed by atoms with Crippen molar-refractivity contribution in [3.05, 3.63) is 45.1 Å². The number of hydrogen-bond acceptors (Lipinski definition) is 6. The Morgan fingerprint density at radius 3 is 2.79 bits per heavy atom. The molecule has 0 aliphatic heterocycles. The zero-order valence-electron chi connectivity index (χ0n) is 13.9. The Morgan fingerprint density at radius 1 is 1.42 bits per heavy atom. The lowest BCUT2D eigenvalue weighted by molar-refractivity contribution is 0.0383. The molecular formula is C16H18N4O3S. The van der Waals surface area contributed by atoms with Gasteiger partial charge in [-0.15, -0.1) is 11.3 Å². The Bertz CT molecular complexity index is 968. The van der Waals surface area contributed by atoms with Crippen LogP contribution in [0.4, 0.5) is 0 Å². The Morgan fingerprint density at radius 2 is 2.17 bits per heavy atom. The van der Waals surface area contributed by atoms with E-state index in [1.165, 1.54) is 22.2 Å². The molecular weight excluding hydrogens is 328 g/mol. The van der Waals surface area contributed by atoms with E-state index in [0.29, 0.717) is 27.2 Å². The lowest BCUT2D eigenvalue weighted by Crippen LogP contribution is -2.21. The van der Waals surface area contributed by atoms with Gasteiger partial charge in [0.25, 0.3) is 5.56 Å². The summed E-state index contributed by atoms with van der Waals surface area (Å²) in [6.45, 7) is 5.73. The zero-order valence-corrected chi connectivity index (χ0v) is 14.8. The number of fused-ring (bicyclic) bond motifs is 1. The number of thiophene rings is 1. The molecule has 0 saturated heterocycles. The van der Waals surface area contributed by atoms with Crippen molar-refractivity contribution in [3.63, 3.8) is 0 Å². The summed E-state index contributed by atoms with van der Waals surface area (Å²) in [5.74, 6) is -0.413. The van der Waals surface area contributed by atoms with Crippen molar-refractivity contribution in [2.24, 2.45) is 7.05 Å². The van der Waals surface area contributed by atoms with Crippen molar-refractivity contribution in [2.45, 2.75) is 33.4 Å². The summed E-state index contributed by atoms with van der Waals surface area (Å²) in [7, 11) is 1.82. The van der Waals surface area contributed by atoms with Crippen LogP contribution in [0.1, 0.15) is 34.6 Å². The number of aromatic nitrogens is 4. The van der Waals surface area contributed by atoms with Gasteiger partial charge < -0.3 is 4.74 Å². The summed E-state index contributed by atoms with van der Waals surface area (Å²) in [6, 6.07) is 0. The maximum atomic E-state index is 12.8. The largest absolute Gasteiger partial charge is 0.459 e. The summed E-state index contributed by atoms with van der Waals surface area (Å²) in [5.41, 5.74) is 1.37. The first kappa shape index (κ1) is 16.4. The van der Waals surface area contributed by atoms with Gasteiger partial charge >= 0.3 is 5.97 Å². The summed E-state index contributed by atoms with van der Waals surface area (Å²) in [6.07, 6.45) is 4.85. The van der Waals surface area contributed by atoms with Crippen LogP contribution in [0.2, 0.25) is 0 Å². The fraction of sp³-hybridized carbons (Fsp3) is 0.375. The maximum absolute atomic E-state index is 12.8. The van der Waals surface area contributed by atoms with Crippen molar-refractivity contribution in [1.29, 1.82) is 0 Å². The Labute approximate surface area is 142 Å². The fourth-order valence-electron chi connectivity index (χ4n) is 2.48. The van der Waals surface area contributed by atoms with Crippen molar-refractivity contribution in [2.75, 3.05) is 0 Å². The monoisotopic (exact) mass is 346 g/mol. The molecule has 0 N–H and O–H groups in total. The number of rotatable bonds is 4. The molecule has 0 bridgehead atoms. The highest BCUT2D eigenvalue weighted by Gasteiger charge is 2.21. The first-order valence-electron chi connectivity index (χ1n) is 7.54. The first-order chi connectivity index (χ1) is 11.4. The molecule has 24 heavy (non-hydrogen) atoms. The minimum absolute atomic E-state index is 0.166. The molecule has 8 heteroatoms. The van der Waals surface area contributed by atoms with Crippen LogP contribution in [0.25, 0.3) is 10.2 Å². The van der Waals surface area contributed by atoms with Crippen LogP contribution in [0.5, 0.6) is 0 Å². The van der Waals surface area contributed by atoms with Crippen molar-refractivity contribution >= 4 is 27.5 Å². The fourth-order valence-corrected chi connectivity index (χ4v) is 3.51. The summed E-state index contributed by atoms with van der Waals surface area (Å²) >= 11 is 1.19. The lowest BCUT2D eigenvalue weighted by Gasteiger charge is -2.06. The van der Waals surface area contributed by atoms with Crippen LogP contribution in [0.15, 0.2) is 23.5 Å². The van der Waals surface area contributed by atoms with Crippen LogP contribution in [-0.2, 0) is 18.3 Å². The summed E-state index contributed by atoms with van der Waals surface area (Å²) < 4.78 is 8.45. The van der Waals surface area contributed by atoms with Gasteiger partial charge in [-0.1, -0.05) is 0 Å². The van der Waals surface area contributed by atoms with Gasteiger partial charge in [0.05, 0.1) is 30.6 Å². The highest BCUT2D eigenvalue weighted by molar-refractivity contribution is 7.20. The minimum atomic E-state index is -0.413. The van der Waals surface area contributed by atoms with Crippen molar-refractivity contribution in [1.82, 2.24) is 19.3 Å². The normalized spacial score (nSPS) is 11.4. The van der Waals surface area contributed by atoms with Gasteiger partial charge in [-0.3, -0.25) is 14.0 Å². The third-order valence-corrected chi connectivity index (χ3v) is 4.74. The number of carbonyl (C=O) groups excluding carboxylic acids is 1. The molecule has 0 amide bonds. The van der Waals surface area contributed by atoms with E-state index in [1.807, 2.05) is 13.2 Å². The van der Waals surface area contributed by atoms with Crippen LogP contribution in [0.3, 0.4) is 0 Å². The Hall–Kier alpha value is -2.48. The predicted molar refractivity (Wildman–Crippen MR) is 91.5 cm³/mol. The molecule has 0 radical (unpaired) electrons. The molecule has 7 nitrogen and oxygen atoms in total. The minimum Gasteiger partial charge on any atom is -0.459 e. The van der Waals surface area contributed by atoms with E-state index < -0.39 is 5.97 Å². The lowest BCUT2D eigenvalue weighted by atomic mass is 10.2. The van der Waals surface area contributed by atoms with Gasteiger partial charge in [0, 0.05) is 18.8 Å². The zero-order chi connectivity index (χ0) is 17.4. The highest BCUT2D eigenvalue weighted by Crippen LogP contribution is 2.27. The van der Waals surface area contributed by atoms with E-state index in [4.69, 9.17) is 4.74 Å².